The predicted octanol–water partition coefficient (Wildman–Crippen LogP) is 0.542. The number of nitrogens with one attached hydrogen (secondary N) is 1. The van der Waals surface area contributed by atoms with Crippen LogP contribution in [0.2, 0.25) is 0 Å². The highest BCUT2D eigenvalue weighted by molar-refractivity contribution is 9.10. The summed E-state index contributed by atoms with van der Waals surface area (Å²) in [5, 5.41) is 2.64. The number of halogens is 1. The fourth-order valence-electron chi connectivity index (χ4n) is 1.81. The third kappa shape index (κ3) is 3.07. The quantitative estimate of drug-likeness (QED) is 0.763. The maximum Gasteiger partial charge on any atom is 0.243 e. The van der Waals surface area contributed by atoms with Crippen LogP contribution in [0.15, 0.2) is 27.6 Å². The van der Waals surface area contributed by atoms with Gasteiger partial charge in [0.2, 0.25) is 15.9 Å². The molecule has 1 fully saturated rings. The van der Waals surface area contributed by atoms with Crippen LogP contribution >= 0.6 is 15.9 Å². The lowest BCUT2D eigenvalue weighted by Gasteiger charge is -2.19. The fraction of sp³-hybridized carbons (Fsp3) is 0.364. The molecule has 0 unspecified atom stereocenters. The molecule has 0 bridgehead atoms. The second-order valence-corrected chi connectivity index (χ2v) is 7.02. The largest absolute Gasteiger partial charge is 0.398 e. The number of anilines is 1. The highest BCUT2D eigenvalue weighted by atomic mass is 79.9. The van der Waals surface area contributed by atoms with Crippen molar-refractivity contribution >= 4 is 37.5 Å². The van der Waals surface area contributed by atoms with E-state index in [1.807, 2.05) is 0 Å². The minimum atomic E-state index is -3.69. The second-order valence-electron chi connectivity index (χ2n) is 4.23. The van der Waals surface area contributed by atoms with E-state index in [2.05, 4.69) is 21.2 Å². The molecule has 6 nitrogen and oxygen atoms in total. The summed E-state index contributed by atoms with van der Waals surface area (Å²) < 4.78 is 26.7. The van der Waals surface area contributed by atoms with Crippen molar-refractivity contribution < 1.29 is 13.2 Å². The third-order valence-corrected chi connectivity index (χ3v) is 5.39. The average Bonchev–Trinajstić information content (AvgIpc) is 2.57. The van der Waals surface area contributed by atoms with Crippen molar-refractivity contribution in [1.82, 2.24) is 9.62 Å². The predicted molar refractivity (Wildman–Crippen MR) is 74.9 cm³/mol. The van der Waals surface area contributed by atoms with Crippen LogP contribution in [0.3, 0.4) is 0 Å². The van der Waals surface area contributed by atoms with E-state index in [4.69, 9.17) is 5.73 Å². The molecule has 1 heterocycles. The van der Waals surface area contributed by atoms with Crippen LogP contribution in [0.1, 0.15) is 6.42 Å². The van der Waals surface area contributed by atoms with Crippen molar-refractivity contribution in [1.29, 1.82) is 0 Å². The molecule has 1 saturated heterocycles. The van der Waals surface area contributed by atoms with Gasteiger partial charge < -0.3 is 11.1 Å². The molecule has 104 valence electrons. The highest BCUT2D eigenvalue weighted by Crippen LogP contribution is 2.25. The van der Waals surface area contributed by atoms with Gasteiger partial charge in [0.1, 0.15) is 0 Å². The smallest absolute Gasteiger partial charge is 0.243 e. The number of nitrogens with two attached hydrogens (primary N) is 1. The Balaban J connectivity index is 2.35. The molecule has 0 radical (unpaired) electrons. The molecule has 1 aromatic carbocycles. The summed E-state index contributed by atoms with van der Waals surface area (Å²) >= 11 is 3.22. The van der Waals surface area contributed by atoms with E-state index >= 15 is 0 Å². The van der Waals surface area contributed by atoms with E-state index in [1.54, 1.807) is 6.07 Å². The van der Waals surface area contributed by atoms with Gasteiger partial charge in [-0.15, -0.1) is 0 Å². The molecule has 0 aliphatic carbocycles. The molecule has 19 heavy (non-hydrogen) atoms. The van der Waals surface area contributed by atoms with Gasteiger partial charge in [0.15, 0.2) is 0 Å². The van der Waals surface area contributed by atoms with Crippen molar-refractivity contribution in [3.63, 3.8) is 0 Å². The Morgan fingerprint density at radius 1 is 1.37 bits per heavy atom. The third-order valence-electron chi connectivity index (χ3n) is 2.83. The van der Waals surface area contributed by atoms with Gasteiger partial charge in [0.25, 0.3) is 0 Å². The number of nitrogen functional groups attached to an aromatic ring is 1. The molecule has 1 aliphatic heterocycles. The summed E-state index contributed by atoms with van der Waals surface area (Å²) in [5.74, 6) is -0.286. The normalized spacial score (nSPS) is 17.8. The Bertz CT molecular complexity index is 603. The van der Waals surface area contributed by atoms with E-state index in [9.17, 15) is 13.2 Å². The Kier molecular flexibility index (Phi) is 4.12. The number of hydrogen-bond acceptors (Lipinski definition) is 4. The molecule has 1 amide bonds. The molecule has 0 spiro atoms. The minimum absolute atomic E-state index is 0.0999. The molecule has 2 rings (SSSR count). The second kappa shape index (κ2) is 5.48. The number of hydrogen-bond donors (Lipinski definition) is 2. The van der Waals surface area contributed by atoms with E-state index in [0.717, 1.165) is 0 Å². The summed E-state index contributed by atoms with van der Waals surface area (Å²) in [6.07, 6.45) is 0.594. The van der Waals surface area contributed by atoms with Crippen molar-refractivity contribution in [2.45, 2.75) is 11.3 Å². The van der Waals surface area contributed by atoms with Crippen molar-refractivity contribution in [2.24, 2.45) is 0 Å². The molecular formula is C11H14BrN3O3S. The first kappa shape index (κ1) is 14.3. The minimum Gasteiger partial charge on any atom is -0.398 e. The average molecular weight is 348 g/mol. The summed E-state index contributed by atoms with van der Waals surface area (Å²) in [6.45, 7) is 0.655. The maximum atomic E-state index is 12.4. The first-order valence-corrected chi connectivity index (χ1v) is 7.96. The van der Waals surface area contributed by atoms with E-state index in [-0.39, 0.29) is 17.3 Å². The van der Waals surface area contributed by atoms with Gasteiger partial charge in [-0.2, -0.15) is 4.31 Å². The number of nitrogens with zero attached hydrogens (tertiary/aromatic N) is 1. The summed E-state index contributed by atoms with van der Waals surface area (Å²) in [5.41, 5.74) is 6.04. The topological polar surface area (TPSA) is 92.5 Å². The number of benzene rings is 1. The van der Waals surface area contributed by atoms with E-state index in [0.29, 0.717) is 29.7 Å². The number of rotatable bonds is 2. The van der Waals surface area contributed by atoms with Crippen LogP contribution in [0.4, 0.5) is 5.69 Å². The van der Waals surface area contributed by atoms with Crippen molar-refractivity contribution in [3.05, 3.63) is 22.7 Å². The summed E-state index contributed by atoms with van der Waals surface area (Å²) in [6, 6.07) is 4.45. The lowest BCUT2D eigenvalue weighted by molar-refractivity contribution is -0.120. The number of carbonyl (C=O) groups excluding carboxylic acids is 1. The number of sulfonamides is 1. The van der Waals surface area contributed by atoms with Gasteiger partial charge >= 0.3 is 0 Å². The zero-order chi connectivity index (χ0) is 14.0. The molecule has 0 atom stereocenters. The van der Waals surface area contributed by atoms with Gasteiger partial charge in [0.05, 0.1) is 11.4 Å². The molecular weight excluding hydrogens is 334 g/mol. The Labute approximate surface area is 120 Å². The molecule has 3 N–H and O–H groups in total. The molecule has 1 aromatic rings. The zero-order valence-corrected chi connectivity index (χ0v) is 12.5. The zero-order valence-electron chi connectivity index (χ0n) is 10.1. The van der Waals surface area contributed by atoms with Crippen LogP contribution in [0, 0.1) is 0 Å². The molecule has 8 heteroatoms. The Morgan fingerprint density at radius 2 is 2.11 bits per heavy atom. The van der Waals surface area contributed by atoms with Gasteiger partial charge in [-0.3, -0.25) is 4.79 Å². The van der Waals surface area contributed by atoms with E-state index in [1.165, 1.54) is 16.4 Å². The van der Waals surface area contributed by atoms with Gasteiger partial charge in [-0.25, -0.2) is 8.42 Å². The molecule has 1 aliphatic rings. The first-order chi connectivity index (χ1) is 8.91. The van der Waals surface area contributed by atoms with Crippen LogP contribution in [-0.2, 0) is 14.8 Å². The molecule has 0 aromatic heterocycles. The highest BCUT2D eigenvalue weighted by Gasteiger charge is 2.28. The van der Waals surface area contributed by atoms with Crippen molar-refractivity contribution in [2.75, 3.05) is 25.4 Å². The van der Waals surface area contributed by atoms with E-state index < -0.39 is 10.0 Å². The standard InChI is InChI=1S/C11H14BrN3O3S/c12-9-3-2-8(6-10(9)13)19(17,18)15-5-1-4-14-11(16)7-15/h2-3,6H,1,4-5,7,13H2,(H,14,16). The van der Waals surface area contributed by atoms with Crippen LogP contribution in [-0.4, -0.2) is 38.3 Å². The summed E-state index contributed by atoms with van der Waals surface area (Å²) in [7, 11) is -3.69. The first-order valence-electron chi connectivity index (χ1n) is 5.73. The van der Waals surface area contributed by atoms with Gasteiger partial charge in [-0.05, 0) is 40.5 Å². The van der Waals surface area contributed by atoms with Gasteiger partial charge in [-0.1, -0.05) is 0 Å². The number of carbonyl (C=O) groups is 1. The van der Waals surface area contributed by atoms with Crippen molar-refractivity contribution in [3.8, 4) is 0 Å². The van der Waals surface area contributed by atoms with Gasteiger partial charge in [0, 0.05) is 23.2 Å². The lowest BCUT2D eigenvalue weighted by atomic mass is 10.3. The molecule has 0 saturated carbocycles. The van der Waals surface area contributed by atoms with Crippen LogP contribution < -0.4 is 11.1 Å². The SMILES string of the molecule is Nc1cc(S(=O)(=O)N2CCCNC(=O)C2)ccc1Br. The lowest BCUT2D eigenvalue weighted by Crippen LogP contribution is -2.37. The Hall–Kier alpha value is -1.12. The monoisotopic (exact) mass is 347 g/mol. The fourth-order valence-corrected chi connectivity index (χ4v) is 3.53. The summed E-state index contributed by atoms with van der Waals surface area (Å²) in [4.78, 5) is 11.5. The maximum absolute atomic E-state index is 12.4. The Morgan fingerprint density at radius 3 is 2.79 bits per heavy atom. The number of amides is 1. The van der Waals surface area contributed by atoms with Crippen LogP contribution in [0.5, 0.6) is 0 Å². The van der Waals surface area contributed by atoms with Crippen LogP contribution in [0.25, 0.3) is 0 Å².